The number of rotatable bonds is 20. The van der Waals surface area contributed by atoms with Gasteiger partial charge in [0.1, 0.15) is 23.3 Å². The van der Waals surface area contributed by atoms with E-state index >= 15 is 0 Å². The number of aromatic nitrogens is 8. The average Bonchev–Trinajstić information content (AvgIpc) is 0.778. The van der Waals surface area contributed by atoms with Crippen LogP contribution >= 0.6 is 63.7 Å². The molecule has 0 radical (unpaired) electrons. The summed E-state index contributed by atoms with van der Waals surface area (Å²) in [5.74, 6) is -13.2. The largest absolute Gasteiger partial charge is 0.296 e. The molecule has 0 amide bonds. The molecule has 8 aromatic rings. The Kier molecular flexibility index (Phi) is 28.9. The Balaban J connectivity index is 0.000000161. The lowest BCUT2D eigenvalue weighted by atomic mass is 9.75. The van der Waals surface area contributed by atoms with E-state index in [1.165, 1.54) is 0 Å². The molecule has 4 aliphatic carbocycles. The summed E-state index contributed by atoms with van der Waals surface area (Å²) in [6, 6.07) is 21.5. The molecule has 24 heteroatoms. The van der Waals surface area contributed by atoms with Crippen LogP contribution in [0.5, 0.6) is 0 Å². The third kappa shape index (κ3) is 18.6. The van der Waals surface area contributed by atoms with Crippen molar-refractivity contribution in [3.63, 3.8) is 0 Å². The number of halogens is 12. The molecule has 4 heterocycles. The fraction of sp³-hybridized carbons (Fsp3) is 0.600. The first-order valence-electron chi connectivity index (χ1n) is 37.9. The summed E-state index contributed by atoms with van der Waals surface area (Å²) in [7, 11) is 0. The first-order chi connectivity index (χ1) is 49.5. The maximum Gasteiger partial charge on any atom is 0.261 e. The molecular formula is C80H100Br4F8N8O4. The van der Waals surface area contributed by atoms with Gasteiger partial charge in [0, 0.05) is 117 Å². The zero-order valence-corrected chi connectivity index (χ0v) is 67.4. The van der Waals surface area contributed by atoms with Crippen molar-refractivity contribution < 1.29 is 35.1 Å². The lowest BCUT2D eigenvalue weighted by Gasteiger charge is -2.37. The molecule has 12 nitrogen and oxygen atoms in total. The molecule has 4 aromatic heterocycles. The van der Waals surface area contributed by atoms with E-state index in [1.807, 2.05) is 79.7 Å². The molecule has 104 heavy (non-hydrogen) atoms. The van der Waals surface area contributed by atoms with Gasteiger partial charge >= 0.3 is 0 Å². The molecule has 0 bridgehead atoms. The van der Waals surface area contributed by atoms with E-state index in [0.717, 1.165) is 69.3 Å². The lowest BCUT2D eigenvalue weighted by molar-refractivity contribution is -0.0976. The standard InChI is InChI=1S/4C20H25BrF2N2O/c4*1-3-7-14(16-8-5-6-11-20(16,22)23)18-24-17-10-9-13(21)12-15(17)19(26)25(18)4-2/h4*9-10,12,14,16H,3-8,11H2,1-2H3/t2*14-,16+;2*14-,16-/m1010/s1. The number of benzene rings is 4. The highest BCUT2D eigenvalue weighted by Crippen LogP contribution is 2.52. The highest BCUT2D eigenvalue weighted by molar-refractivity contribution is 9.11. The van der Waals surface area contributed by atoms with Gasteiger partial charge in [-0.2, -0.15) is 0 Å². The molecule has 0 saturated heterocycles. The van der Waals surface area contributed by atoms with Crippen molar-refractivity contribution >= 4 is 107 Å². The Labute approximate surface area is 638 Å². The quantitative estimate of drug-likeness (QED) is 0.0687. The van der Waals surface area contributed by atoms with Crippen molar-refractivity contribution in [1.82, 2.24) is 38.2 Å². The van der Waals surface area contributed by atoms with E-state index in [9.17, 15) is 54.3 Å². The number of alkyl halides is 8. The van der Waals surface area contributed by atoms with Crippen LogP contribution in [0.3, 0.4) is 0 Å². The minimum atomic E-state index is -2.69. The Morgan fingerprint density at radius 3 is 0.692 bits per heavy atom. The van der Waals surface area contributed by atoms with E-state index in [2.05, 4.69) is 63.7 Å². The van der Waals surface area contributed by atoms with Crippen LogP contribution in [0.25, 0.3) is 43.6 Å². The zero-order chi connectivity index (χ0) is 75.6. The van der Waals surface area contributed by atoms with Gasteiger partial charge in [0.2, 0.25) is 0 Å². The fourth-order valence-electron chi connectivity index (χ4n) is 16.9. The van der Waals surface area contributed by atoms with Crippen LogP contribution in [0, 0.1) is 23.7 Å². The van der Waals surface area contributed by atoms with Gasteiger partial charge in [-0.15, -0.1) is 0 Å². The van der Waals surface area contributed by atoms with Crippen LogP contribution < -0.4 is 22.2 Å². The van der Waals surface area contributed by atoms with Crippen LogP contribution in [0.4, 0.5) is 35.1 Å². The van der Waals surface area contributed by atoms with Crippen molar-refractivity contribution in [3.05, 3.63) is 155 Å². The van der Waals surface area contributed by atoms with Gasteiger partial charge in [-0.05, 0) is 178 Å². The van der Waals surface area contributed by atoms with Crippen LogP contribution in [0.1, 0.15) is 256 Å². The molecule has 4 aliphatic rings. The summed E-state index contributed by atoms with van der Waals surface area (Å²) in [5, 5.41) is 2.09. The fourth-order valence-corrected chi connectivity index (χ4v) is 18.4. The number of hydrogen-bond donors (Lipinski definition) is 0. The SMILES string of the molecule is CCC[C@@H](c1nc2ccc(Br)cc2c(=O)n1CC)[C@@H]1CCCCC1(F)F.CCC[C@@H](c1nc2ccc(Br)cc2c(=O)n1CC)[C@H]1CCCCC1(F)F.CCC[C@H](c1nc2ccc(Br)cc2c(=O)n1CC)[C@@H]1CCCCC1(F)F.CCC[C@H](c1nc2ccc(Br)cc2c(=O)n1CC)[C@H]1CCCCC1(F)F. The molecule has 0 N–H and O–H groups in total. The Bertz CT molecular complexity index is 3960. The topological polar surface area (TPSA) is 140 Å². The normalized spacial score (nSPS) is 21.0. The van der Waals surface area contributed by atoms with E-state index in [-0.39, 0.29) is 47.9 Å². The molecule has 12 rings (SSSR count). The summed E-state index contributed by atoms with van der Waals surface area (Å²) in [6.45, 7) is 17.2. The number of nitrogens with zero attached hydrogens (tertiary/aromatic N) is 8. The Morgan fingerprint density at radius 2 is 0.529 bits per heavy atom. The number of fused-ring (bicyclic) bond motifs is 4. The van der Waals surface area contributed by atoms with Gasteiger partial charge < -0.3 is 0 Å². The third-order valence-corrected chi connectivity index (χ3v) is 24.0. The van der Waals surface area contributed by atoms with Gasteiger partial charge in [0.15, 0.2) is 0 Å². The second-order valence-electron chi connectivity index (χ2n) is 28.8. The maximum atomic E-state index is 14.7. The van der Waals surface area contributed by atoms with Crippen molar-refractivity contribution in [2.75, 3.05) is 0 Å². The monoisotopic (exact) mass is 1700 g/mol. The summed E-state index contributed by atoms with van der Waals surface area (Å²) in [6.07, 6.45) is 12.9. The molecule has 0 spiro atoms. The lowest BCUT2D eigenvalue weighted by Crippen LogP contribution is -2.39. The van der Waals surface area contributed by atoms with E-state index in [0.29, 0.717) is 170 Å². The smallest absolute Gasteiger partial charge is 0.261 e. The summed E-state index contributed by atoms with van der Waals surface area (Å²) < 4.78 is 127. The summed E-state index contributed by atoms with van der Waals surface area (Å²) in [5.41, 5.74) is 1.75. The van der Waals surface area contributed by atoms with Crippen LogP contribution in [-0.4, -0.2) is 61.9 Å². The highest BCUT2D eigenvalue weighted by Gasteiger charge is 2.51. The van der Waals surface area contributed by atoms with Gasteiger partial charge in [0.25, 0.3) is 45.9 Å². The van der Waals surface area contributed by atoms with Crippen molar-refractivity contribution in [3.8, 4) is 0 Å². The van der Waals surface area contributed by atoms with Crippen LogP contribution in [0.15, 0.2) is 110 Å². The van der Waals surface area contributed by atoms with Crippen molar-refractivity contribution in [1.29, 1.82) is 0 Å². The highest BCUT2D eigenvalue weighted by atomic mass is 79.9. The Hall–Kier alpha value is -5.20. The second kappa shape index (κ2) is 36.3. The van der Waals surface area contributed by atoms with E-state index < -0.39 is 71.0 Å². The Morgan fingerprint density at radius 1 is 0.337 bits per heavy atom. The van der Waals surface area contributed by atoms with Crippen LogP contribution in [-0.2, 0) is 26.2 Å². The molecule has 568 valence electrons. The van der Waals surface area contributed by atoms with E-state index in [1.54, 1.807) is 66.8 Å². The predicted octanol–water partition coefficient (Wildman–Crippen LogP) is 23.6. The molecule has 8 atom stereocenters. The second-order valence-corrected chi connectivity index (χ2v) is 32.4. The molecular weight excluding hydrogens is 1610 g/mol. The van der Waals surface area contributed by atoms with Gasteiger partial charge in [-0.25, -0.2) is 55.1 Å². The maximum absolute atomic E-state index is 14.7. The minimum absolute atomic E-state index is 0.0607. The predicted molar refractivity (Wildman–Crippen MR) is 416 cm³/mol. The van der Waals surface area contributed by atoms with Crippen molar-refractivity contribution in [2.45, 2.75) is 283 Å². The number of hydrogen-bond acceptors (Lipinski definition) is 8. The summed E-state index contributed by atoms with van der Waals surface area (Å²) >= 11 is 13.6. The average molecular weight is 1710 g/mol. The third-order valence-electron chi connectivity index (χ3n) is 22.0. The minimum Gasteiger partial charge on any atom is -0.296 e. The summed E-state index contributed by atoms with van der Waals surface area (Å²) in [4.78, 5) is 70.9. The molecule has 4 aromatic carbocycles. The van der Waals surface area contributed by atoms with Gasteiger partial charge in [-0.1, -0.05) is 143 Å². The van der Waals surface area contributed by atoms with Crippen molar-refractivity contribution in [2.24, 2.45) is 23.7 Å². The van der Waals surface area contributed by atoms with Crippen LogP contribution in [0.2, 0.25) is 0 Å². The molecule has 0 aliphatic heterocycles. The first-order valence-corrected chi connectivity index (χ1v) is 41.0. The van der Waals surface area contributed by atoms with E-state index in [4.69, 9.17) is 19.9 Å². The van der Waals surface area contributed by atoms with Gasteiger partial charge in [0.05, 0.1) is 43.6 Å². The molecule has 4 fully saturated rings. The zero-order valence-electron chi connectivity index (χ0n) is 61.1. The molecule has 0 unspecified atom stereocenters. The van der Waals surface area contributed by atoms with Gasteiger partial charge in [-0.3, -0.25) is 37.4 Å². The first kappa shape index (κ1) is 82.8. The molecule has 4 saturated carbocycles.